The molecule has 168 valence electrons. The Bertz CT molecular complexity index is 986. The zero-order valence-electron chi connectivity index (χ0n) is 18.1. The number of nitrogens with zero attached hydrogens (tertiary/aromatic N) is 4. The van der Waals surface area contributed by atoms with Gasteiger partial charge in [0.05, 0.1) is 11.6 Å². The lowest BCUT2D eigenvalue weighted by atomic mass is 10.0. The van der Waals surface area contributed by atoms with E-state index in [0.29, 0.717) is 30.5 Å². The van der Waals surface area contributed by atoms with Gasteiger partial charge in [-0.3, -0.25) is 14.8 Å². The predicted molar refractivity (Wildman–Crippen MR) is 125 cm³/mol. The molecule has 0 radical (unpaired) electrons. The smallest absolute Gasteiger partial charge is 0.291 e. The van der Waals surface area contributed by atoms with Crippen LogP contribution in [0, 0.1) is 0 Å². The zero-order valence-corrected chi connectivity index (χ0v) is 18.1. The van der Waals surface area contributed by atoms with Gasteiger partial charge in [0.1, 0.15) is 11.8 Å². The molecular weight excluding hydrogens is 406 g/mol. The number of carbonyl (C=O) groups is 1. The van der Waals surface area contributed by atoms with E-state index in [1.165, 1.54) is 17.4 Å². The number of allylic oxidation sites excluding steroid dienone is 6. The SMILES string of the molecule is CC1C=CC=C(C(=O)N2CCC[C@@H](NC3=NC4C=CC=CC=C4O3)C2)C(N(N)/C=C\N)=N1. The third kappa shape index (κ3) is 4.83. The Morgan fingerprint density at radius 1 is 1.25 bits per heavy atom. The third-order valence-corrected chi connectivity index (χ3v) is 5.52. The van der Waals surface area contributed by atoms with Gasteiger partial charge in [0.15, 0.2) is 5.84 Å². The molecule has 9 heteroatoms. The quantitative estimate of drug-likeness (QED) is 0.453. The van der Waals surface area contributed by atoms with Crippen LogP contribution in [0.15, 0.2) is 82.3 Å². The van der Waals surface area contributed by atoms with E-state index < -0.39 is 0 Å². The molecule has 1 aliphatic carbocycles. The van der Waals surface area contributed by atoms with Gasteiger partial charge in [0.25, 0.3) is 11.9 Å². The number of fused-ring (bicyclic) bond motifs is 1. The summed E-state index contributed by atoms with van der Waals surface area (Å²) in [6.07, 6.45) is 19.8. The number of likely N-dealkylation sites (tertiary alicyclic amines) is 1. The molecule has 0 aromatic carbocycles. The van der Waals surface area contributed by atoms with Crippen molar-refractivity contribution in [3.05, 3.63) is 72.3 Å². The Morgan fingerprint density at radius 2 is 2.12 bits per heavy atom. The lowest BCUT2D eigenvalue weighted by Gasteiger charge is -2.34. The summed E-state index contributed by atoms with van der Waals surface area (Å²) in [6.45, 7) is 3.12. The van der Waals surface area contributed by atoms with Crippen LogP contribution in [0.4, 0.5) is 0 Å². The van der Waals surface area contributed by atoms with Crippen LogP contribution in [0.2, 0.25) is 0 Å². The molecule has 3 aliphatic heterocycles. The van der Waals surface area contributed by atoms with Crippen molar-refractivity contribution in [3.63, 3.8) is 0 Å². The number of amides is 1. The van der Waals surface area contributed by atoms with E-state index in [0.717, 1.165) is 18.6 Å². The Hall–Kier alpha value is -3.59. The summed E-state index contributed by atoms with van der Waals surface area (Å²) < 4.78 is 5.88. The van der Waals surface area contributed by atoms with Gasteiger partial charge in [-0.05, 0) is 31.9 Å². The van der Waals surface area contributed by atoms with Crippen LogP contribution in [0.1, 0.15) is 19.8 Å². The molecule has 1 amide bonds. The monoisotopic (exact) mass is 435 g/mol. The van der Waals surface area contributed by atoms with Gasteiger partial charge in [-0.25, -0.2) is 10.8 Å². The normalized spacial score (nSPS) is 26.9. The summed E-state index contributed by atoms with van der Waals surface area (Å²) in [5.41, 5.74) is 5.93. The van der Waals surface area contributed by atoms with Crippen LogP contribution in [0.3, 0.4) is 0 Å². The van der Waals surface area contributed by atoms with Crippen molar-refractivity contribution in [1.82, 2.24) is 15.2 Å². The number of hydrogen-bond acceptors (Lipinski definition) is 8. The Morgan fingerprint density at radius 3 is 2.97 bits per heavy atom. The Kier molecular flexibility index (Phi) is 6.55. The number of rotatable bonds is 3. The highest BCUT2D eigenvalue weighted by Crippen LogP contribution is 2.22. The van der Waals surface area contributed by atoms with E-state index in [1.807, 2.05) is 54.4 Å². The maximum Gasteiger partial charge on any atom is 0.291 e. The highest BCUT2D eigenvalue weighted by Gasteiger charge is 2.31. The lowest BCUT2D eigenvalue weighted by Crippen LogP contribution is -2.51. The number of amidine groups is 2. The van der Waals surface area contributed by atoms with E-state index in [-0.39, 0.29) is 24.0 Å². The van der Waals surface area contributed by atoms with Crippen LogP contribution < -0.4 is 16.9 Å². The maximum atomic E-state index is 13.4. The van der Waals surface area contributed by atoms with Crippen molar-refractivity contribution >= 4 is 17.8 Å². The molecule has 32 heavy (non-hydrogen) atoms. The summed E-state index contributed by atoms with van der Waals surface area (Å²) in [6, 6.07) is 0.314. The number of nitrogens with one attached hydrogen (secondary N) is 1. The number of nitrogens with two attached hydrogens (primary N) is 2. The van der Waals surface area contributed by atoms with Gasteiger partial charge in [-0.2, -0.15) is 0 Å². The molecule has 3 heterocycles. The maximum absolute atomic E-state index is 13.4. The zero-order chi connectivity index (χ0) is 22.5. The molecule has 9 nitrogen and oxygen atoms in total. The van der Waals surface area contributed by atoms with Crippen molar-refractivity contribution in [2.24, 2.45) is 21.6 Å². The Labute approximate surface area is 187 Å². The summed E-state index contributed by atoms with van der Waals surface area (Å²) >= 11 is 0. The topological polar surface area (TPSA) is 122 Å². The summed E-state index contributed by atoms with van der Waals surface area (Å²) in [7, 11) is 0. The predicted octanol–water partition coefficient (Wildman–Crippen LogP) is 1.22. The molecule has 0 aromatic heterocycles. The molecule has 0 spiro atoms. The van der Waals surface area contributed by atoms with Gasteiger partial charge >= 0.3 is 0 Å². The first-order valence-electron chi connectivity index (χ1n) is 10.8. The van der Waals surface area contributed by atoms with Gasteiger partial charge < -0.3 is 20.7 Å². The molecule has 0 bridgehead atoms. The first kappa shape index (κ1) is 21.6. The number of aliphatic imine (C=N–C) groups is 2. The van der Waals surface area contributed by atoms with Crippen molar-refractivity contribution in [3.8, 4) is 0 Å². The van der Waals surface area contributed by atoms with E-state index in [4.69, 9.17) is 16.3 Å². The molecule has 3 atom stereocenters. The largest absolute Gasteiger partial charge is 0.428 e. The number of hydrogen-bond donors (Lipinski definition) is 3. The van der Waals surface area contributed by atoms with Gasteiger partial charge in [-0.1, -0.05) is 36.5 Å². The molecule has 4 rings (SSSR count). The molecule has 5 N–H and O–H groups in total. The van der Waals surface area contributed by atoms with Crippen LogP contribution in [-0.2, 0) is 9.53 Å². The fraction of sp³-hybridized carbons (Fsp3) is 0.348. The minimum Gasteiger partial charge on any atom is -0.428 e. The first-order valence-corrected chi connectivity index (χ1v) is 10.8. The fourth-order valence-corrected chi connectivity index (χ4v) is 3.96. The first-order chi connectivity index (χ1) is 15.5. The standard InChI is InChI=1S/C23H29N7O2/c1-16-7-5-9-18(21(26-16)30(25)14-12-24)22(31)29-13-6-8-17(15-29)27-23-28-19-10-3-2-4-11-20(19)32-23/h2-5,7,9-12,14,16-17,19H,6,8,13,15,24-25H2,1H3,(H,27,28)/b14-12-/t16?,17-,19?/m1/s1. The summed E-state index contributed by atoms with van der Waals surface area (Å²) in [5, 5.41) is 4.65. The summed E-state index contributed by atoms with van der Waals surface area (Å²) in [5.74, 6) is 7.15. The summed E-state index contributed by atoms with van der Waals surface area (Å²) in [4.78, 5) is 24.5. The number of ether oxygens (including phenoxy) is 1. The molecule has 1 fully saturated rings. The molecular formula is C23H29N7O2. The van der Waals surface area contributed by atoms with Crippen LogP contribution in [0.5, 0.6) is 0 Å². The van der Waals surface area contributed by atoms with Crippen molar-refractivity contribution in [2.75, 3.05) is 13.1 Å². The third-order valence-electron chi connectivity index (χ3n) is 5.52. The minimum absolute atomic E-state index is 0.0352. The van der Waals surface area contributed by atoms with E-state index in [2.05, 4.69) is 15.3 Å². The number of carbonyl (C=O) groups excluding carboxylic acids is 1. The molecule has 0 aromatic rings. The van der Waals surface area contributed by atoms with Gasteiger partial charge in [-0.15, -0.1) is 0 Å². The van der Waals surface area contributed by atoms with Gasteiger partial charge in [0, 0.05) is 31.5 Å². The molecule has 0 saturated carbocycles. The minimum atomic E-state index is -0.120. The van der Waals surface area contributed by atoms with Crippen LogP contribution >= 0.6 is 0 Å². The van der Waals surface area contributed by atoms with E-state index >= 15 is 0 Å². The number of hydrazine groups is 1. The molecule has 4 aliphatic rings. The highest BCUT2D eigenvalue weighted by atomic mass is 16.5. The van der Waals surface area contributed by atoms with Crippen LogP contribution in [0.25, 0.3) is 0 Å². The second-order valence-electron chi connectivity index (χ2n) is 7.96. The van der Waals surface area contributed by atoms with Crippen LogP contribution in [-0.4, -0.2) is 58.9 Å². The van der Waals surface area contributed by atoms with Crippen molar-refractivity contribution in [1.29, 1.82) is 0 Å². The average molecular weight is 436 g/mol. The Balaban J connectivity index is 1.45. The van der Waals surface area contributed by atoms with Crippen molar-refractivity contribution < 1.29 is 9.53 Å². The molecule has 1 saturated heterocycles. The van der Waals surface area contributed by atoms with Crippen molar-refractivity contribution in [2.45, 2.75) is 37.9 Å². The van der Waals surface area contributed by atoms with E-state index in [9.17, 15) is 4.79 Å². The molecule has 2 unspecified atom stereocenters. The lowest BCUT2D eigenvalue weighted by molar-refractivity contribution is -0.127. The highest BCUT2D eigenvalue weighted by molar-refractivity contribution is 6.21. The fourth-order valence-electron chi connectivity index (χ4n) is 3.96. The second kappa shape index (κ2) is 9.69. The van der Waals surface area contributed by atoms with E-state index in [1.54, 1.807) is 6.08 Å². The second-order valence-corrected chi connectivity index (χ2v) is 7.96. The average Bonchev–Trinajstić information content (AvgIpc) is 2.92. The van der Waals surface area contributed by atoms with Gasteiger partial charge in [0.2, 0.25) is 0 Å². The number of piperidine rings is 1.